The van der Waals surface area contributed by atoms with Crippen LogP contribution in [0, 0.1) is 0 Å². The minimum Gasteiger partial charge on any atom is -0.504 e. The van der Waals surface area contributed by atoms with E-state index in [1.807, 2.05) is 26.8 Å². The molecule has 0 aliphatic rings. The smallest absolute Gasteiger partial charge is 0.220 e. The Morgan fingerprint density at radius 1 is 1.39 bits per heavy atom. The first kappa shape index (κ1) is 14.5. The van der Waals surface area contributed by atoms with E-state index in [0.717, 1.165) is 16.7 Å². The third-order valence-corrected chi connectivity index (χ3v) is 2.89. The standard InChI is InChI=1S/C15H20O3/c1-10(2)13-8-15(18)14(17)7-6-12(13)5-4-11(3)9-16/h4,6-8,10,16H,5,9H2,1-3H3,(H,17,18)/b11-4+. The van der Waals surface area contributed by atoms with E-state index < -0.39 is 0 Å². The number of allylic oxidation sites excluding steroid dienone is 1. The van der Waals surface area contributed by atoms with Crippen LogP contribution in [0.4, 0.5) is 0 Å². The van der Waals surface area contributed by atoms with E-state index >= 15 is 0 Å². The van der Waals surface area contributed by atoms with Crippen molar-refractivity contribution < 1.29 is 10.2 Å². The second-order valence-electron chi connectivity index (χ2n) is 4.78. The molecule has 1 aromatic carbocycles. The summed E-state index contributed by atoms with van der Waals surface area (Å²) in [7, 11) is 0. The molecule has 0 unspecified atom stereocenters. The molecule has 3 nitrogen and oxygen atoms in total. The van der Waals surface area contributed by atoms with E-state index in [1.165, 1.54) is 12.1 Å². The van der Waals surface area contributed by atoms with E-state index in [-0.39, 0.29) is 23.7 Å². The van der Waals surface area contributed by atoms with Crippen LogP contribution in [0.1, 0.15) is 37.8 Å². The topological polar surface area (TPSA) is 57.5 Å². The molecule has 3 heteroatoms. The number of aliphatic hydroxyl groups is 1. The SMILES string of the molecule is C/C(=C\Cc1ccc(O)c(=O)cc1C(C)C)CO. The molecule has 0 heterocycles. The van der Waals surface area contributed by atoms with E-state index in [4.69, 9.17) is 5.11 Å². The minimum atomic E-state index is -0.354. The van der Waals surface area contributed by atoms with Crippen molar-refractivity contribution in [2.45, 2.75) is 33.1 Å². The summed E-state index contributed by atoms with van der Waals surface area (Å²) in [5.74, 6) is -0.0201. The van der Waals surface area contributed by atoms with Gasteiger partial charge in [0.25, 0.3) is 0 Å². The van der Waals surface area contributed by atoms with Gasteiger partial charge in [0.15, 0.2) is 5.75 Å². The minimum absolute atomic E-state index is 0.0357. The summed E-state index contributed by atoms with van der Waals surface area (Å²) < 4.78 is 0. The van der Waals surface area contributed by atoms with Crippen molar-refractivity contribution in [1.29, 1.82) is 0 Å². The molecule has 0 saturated heterocycles. The lowest BCUT2D eigenvalue weighted by atomic mass is 9.97. The van der Waals surface area contributed by atoms with E-state index in [9.17, 15) is 9.90 Å². The average Bonchev–Trinajstić information content (AvgIpc) is 2.48. The molecule has 0 spiro atoms. The van der Waals surface area contributed by atoms with Crippen LogP contribution >= 0.6 is 0 Å². The van der Waals surface area contributed by atoms with Gasteiger partial charge in [-0.05, 0) is 42.5 Å². The zero-order valence-electron chi connectivity index (χ0n) is 11.1. The lowest BCUT2D eigenvalue weighted by Crippen LogP contribution is -1.99. The molecular formula is C15H20O3. The number of rotatable bonds is 4. The monoisotopic (exact) mass is 248 g/mol. The molecule has 18 heavy (non-hydrogen) atoms. The van der Waals surface area contributed by atoms with Crippen LogP contribution in [-0.2, 0) is 6.42 Å². The van der Waals surface area contributed by atoms with Crippen LogP contribution < -0.4 is 5.43 Å². The lowest BCUT2D eigenvalue weighted by Gasteiger charge is -2.08. The Bertz CT molecular complexity index is 502. The molecule has 0 atom stereocenters. The van der Waals surface area contributed by atoms with Gasteiger partial charge in [-0.2, -0.15) is 0 Å². The molecule has 0 saturated carbocycles. The predicted molar refractivity (Wildman–Crippen MR) is 73.0 cm³/mol. The summed E-state index contributed by atoms with van der Waals surface area (Å²) in [6, 6.07) is 4.70. The van der Waals surface area contributed by atoms with Gasteiger partial charge < -0.3 is 10.2 Å². The maximum absolute atomic E-state index is 11.6. The van der Waals surface area contributed by atoms with Crippen molar-refractivity contribution in [1.82, 2.24) is 0 Å². The fourth-order valence-electron chi connectivity index (χ4n) is 1.74. The third-order valence-electron chi connectivity index (χ3n) is 2.89. The van der Waals surface area contributed by atoms with Crippen molar-refractivity contribution in [3.05, 3.63) is 51.2 Å². The van der Waals surface area contributed by atoms with Gasteiger partial charge in [0.05, 0.1) is 6.61 Å². The molecule has 1 rings (SSSR count). The Labute approximate surface area is 107 Å². The summed E-state index contributed by atoms with van der Waals surface area (Å²) in [6.45, 7) is 5.92. The maximum Gasteiger partial charge on any atom is 0.220 e. The molecule has 2 N–H and O–H groups in total. The summed E-state index contributed by atoms with van der Waals surface area (Å²) in [6.07, 6.45) is 2.58. The number of aromatic hydroxyl groups is 1. The molecule has 98 valence electrons. The molecular weight excluding hydrogens is 228 g/mol. The van der Waals surface area contributed by atoms with Gasteiger partial charge in [-0.3, -0.25) is 4.79 Å². The van der Waals surface area contributed by atoms with E-state index in [1.54, 1.807) is 6.07 Å². The van der Waals surface area contributed by atoms with Crippen LogP contribution in [-0.4, -0.2) is 16.8 Å². The first-order chi connectivity index (χ1) is 8.45. The van der Waals surface area contributed by atoms with Crippen LogP contribution in [0.2, 0.25) is 0 Å². The predicted octanol–water partition coefficient (Wildman–Crippen LogP) is 2.36. The zero-order chi connectivity index (χ0) is 13.7. The molecule has 0 aliphatic heterocycles. The molecule has 0 fully saturated rings. The highest BCUT2D eigenvalue weighted by Crippen LogP contribution is 2.19. The summed E-state index contributed by atoms with van der Waals surface area (Å²) in [4.78, 5) is 11.6. The quantitative estimate of drug-likeness (QED) is 0.804. The van der Waals surface area contributed by atoms with E-state index in [0.29, 0.717) is 6.42 Å². The molecule has 0 radical (unpaired) electrons. The van der Waals surface area contributed by atoms with Crippen molar-refractivity contribution in [3.63, 3.8) is 0 Å². The normalized spacial score (nSPS) is 11.9. The molecule has 0 aliphatic carbocycles. The summed E-state index contributed by atoms with van der Waals surface area (Å²) >= 11 is 0. The van der Waals surface area contributed by atoms with Crippen molar-refractivity contribution in [2.24, 2.45) is 0 Å². The van der Waals surface area contributed by atoms with Crippen molar-refractivity contribution in [2.75, 3.05) is 6.61 Å². The van der Waals surface area contributed by atoms with Crippen LogP contribution in [0.3, 0.4) is 0 Å². The largest absolute Gasteiger partial charge is 0.504 e. The van der Waals surface area contributed by atoms with Gasteiger partial charge in [-0.25, -0.2) is 0 Å². The highest BCUT2D eigenvalue weighted by molar-refractivity contribution is 5.34. The van der Waals surface area contributed by atoms with Gasteiger partial charge in [0.2, 0.25) is 5.43 Å². The molecule has 0 bridgehead atoms. The van der Waals surface area contributed by atoms with Crippen LogP contribution in [0.25, 0.3) is 0 Å². The first-order valence-electron chi connectivity index (χ1n) is 6.08. The fourth-order valence-corrected chi connectivity index (χ4v) is 1.74. The van der Waals surface area contributed by atoms with Crippen LogP contribution in [0.15, 0.2) is 34.6 Å². The Morgan fingerprint density at radius 2 is 2.06 bits per heavy atom. The fraction of sp³-hybridized carbons (Fsp3) is 0.400. The van der Waals surface area contributed by atoms with Crippen molar-refractivity contribution in [3.8, 4) is 5.75 Å². The van der Waals surface area contributed by atoms with Crippen LogP contribution in [0.5, 0.6) is 5.75 Å². The Hall–Kier alpha value is -1.61. The Morgan fingerprint density at radius 3 is 2.61 bits per heavy atom. The third kappa shape index (κ3) is 3.70. The van der Waals surface area contributed by atoms with Gasteiger partial charge in [-0.1, -0.05) is 31.6 Å². The van der Waals surface area contributed by atoms with E-state index in [2.05, 4.69) is 0 Å². The second-order valence-corrected chi connectivity index (χ2v) is 4.78. The Kier molecular flexibility index (Phi) is 5.10. The van der Waals surface area contributed by atoms with Gasteiger partial charge in [-0.15, -0.1) is 0 Å². The highest BCUT2D eigenvalue weighted by atomic mass is 16.3. The maximum atomic E-state index is 11.6. The number of aliphatic hydroxyl groups excluding tert-OH is 1. The Balaban J connectivity index is 3.26. The van der Waals surface area contributed by atoms with Gasteiger partial charge in [0.1, 0.15) is 0 Å². The highest BCUT2D eigenvalue weighted by Gasteiger charge is 2.07. The molecule has 1 aromatic rings. The van der Waals surface area contributed by atoms with Gasteiger partial charge >= 0.3 is 0 Å². The van der Waals surface area contributed by atoms with Crippen molar-refractivity contribution >= 4 is 0 Å². The number of hydrogen-bond donors (Lipinski definition) is 2. The van der Waals surface area contributed by atoms with Gasteiger partial charge in [0, 0.05) is 0 Å². The lowest BCUT2D eigenvalue weighted by molar-refractivity contribution is 0.331. The summed E-state index contributed by atoms with van der Waals surface area (Å²) in [5.41, 5.74) is 2.47. The molecule has 0 aromatic heterocycles. The number of hydrogen-bond acceptors (Lipinski definition) is 3. The summed E-state index contributed by atoms with van der Waals surface area (Å²) in [5, 5.41) is 18.4. The second kappa shape index (κ2) is 6.36. The zero-order valence-corrected chi connectivity index (χ0v) is 11.1. The first-order valence-corrected chi connectivity index (χ1v) is 6.08. The average molecular weight is 248 g/mol. The molecule has 0 amide bonds.